The number of piperidine rings is 1. The standard InChI is InChI=1S/C11H18N6O2/c1-19-8(18)7-13-10-14-9(12)15-11(16-10)17-5-3-2-4-6-17/h2-7H2,1H3,(H3,12,13,14,15,16). The van der Waals surface area contributed by atoms with Crippen LogP contribution in [0.15, 0.2) is 0 Å². The van der Waals surface area contributed by atoms with Crippen molar-refractivity contribution in [2.75, 3.05) is 42.7 Å². The summed E-state index contributed by atoms with van der Waals surface area (Å²) in [5, 5.41) is 2.77. The number of rotatable bonds is 4. The topological polar surface area (TPSA) is 106 Å². The lowest BCUT2D eigenvalue weighted by Gasteiger charge is -2.26. The number of esters is 1. The molecular weight excluding hydrogens is 248 g/mol. The Labute approximate surface area is 111 Å². The van der Waals surface area contributed by atoms with Gasteiger partial charge in [-0.3, -0.25) is 4.79 Å². The predicted molar refractivity (Wildman–Crippen MR) is 70.8 cm³/mol. The third-order valence-corrected chi connectivity index (χ3v) is 2.90. The number of hydrogen-bond donors (Lipinski definition) is 2. The summed E-state index contributed by atoms with van der Waals surface area (Å²) in [5.41, 5.74) is 5.66. The Bertz CT molecular complexity index is 447. The molecule has 104 valence electrons. The third kappa shape index (κ3) is 3.67. The van der Waals surface area contributed by atoms with Crippen LogP contribution in [-0.2, 0) is 9.53 Å². The summed E-state index contributed by atoms with van der Waals surface area (Å²) >= 11 is 0. The summed E-state index contributed by atoms with van der Waals surface area (Å²) < 4.78 is 4.53. The average Bonchev–Trinajstić information content (AvgIpc) is 2.45. The van der Waals surface area contributed by atoms with Crippen LogP contribution in [-0.4, -0.2) is 47.7 Å². The maximum Gasteiger partial charge on any atom is 0.325 e. The van der Waals surface area contributed by atoms with E-state index in [4.69, 9.17) is 5.73 Å². The Morgan fingerprint density at radius 3 is 2.74 bits per heavy atom. The highest BCUT2D eigenvalue weighted by Gasteiger charge is 2.15. The largest absolute Gasteiger partial charge is 0.468 e. The molecule has 0 bridgehead atoms. The average molecular weight is 266 g/mol. The fourth-order valence-electron chi connectivity index (χ4n) is 1.92. The minimum absolute atomic E-state index is 0.000602. The molecule has 0 amide bonds. The Kier molecular flexibility index (Phi) is 4.32. The predicted octanol–water partition coefficient (Wildman–Crippen LogP) is 0.0290. The van der Waals surface area contributed by atoms with Crippen molar-refractivity contribution < 1.29 is 9.53 Å². The molecule has 1 saturated heterocycles. The number of hydrogen-bond acceptors (Lipinski definition) is 8. The number of ether oxygens (including phenoxy) is 1. The molecule has 1 aliphatic rings. The number of aromatic nitrogens is 3. The van der Waals surface area contributed by atoms with Gasteiger partial charge in [0.2, 0.25) is 17.8 Å². The van der Waals surface area contributed by atoms with Crippen molar-refractivity contribution in [1.29, 1.82) is 0 Å². The Morgan fingerprint density at radius 2 is 2.05 bits per heavy atom. The van der Waals surface area contributed by atoms with Crippen molar-refractivity contribution in [2.45, 2.75) is 19.3 Å². The van der Waals surface area contributed by atoms with Crippen LogP contribution >= 0.6 is 0 Å². The molecule has 8 heteroatoms. The highest BCUT2D eigenvalue weighted by molar-refractivity contribution is 5.74. The van der Waals surface area contributed by atoms with Crippen LogP contribution in [0.1, 0.15) is 19.3 Å². The van der Waals surface area contributed by atoms with Gasteiger partial charge in [0.25, 0.3) is 0 Å². The molecule has 0 unspecified atom stereocenters. The molecule has 1 fully saturated rings. The Morgan fingerprint density at radius 1 is 1.32 bits per heavy atom. The highest BCUT2D eigenvalue weighted by atomic mass is 16.5. The number of anilines is 3. The van der Waals surface area contributed by atoms with Crippen LogP contribution in [0.4, 0.5) is 17.8 Å². The van der Waals surface area contributed by atoms with Gasteiger partial charge >= 0.3 is 5.97 Å². The van der Waals surface area contributed by atoms with Gasteiger partial charge in [0, 0.05) is 13.1 Å². The molecule has 0 radical (unpaired) electrons. The molecule has 1 aromatic heterocycles. The maximum absolute atomic E-state index is 11.1. The van der Waals surface area contributed by atoms with E-state index in [0.717, 1.165) is 25.9 Å². The minimum Gasteiger partial charge on any atom is -0.468 e. The zero-order valence-electron chi connectivity index (χ0n) is 10.9. The van der Waals surface area contributed by atoms with E-state index < -0.39 is 5.97 Å². The van der Waals surface area contributed by atoms with Crippen LogP contribution in [0.3, 0.4) is 0 Å². The molecule has 19 heavy (non-hydrogen) atoms. The van der Waals surface area contributed by atoms with E-state index in [1.54, 1.807) is 0 Å². The van der Waals surface area contributed by atoms with Crippen molar-refractivity contribution in [3.8, 4) is 0 Å². The first kappa shape index (κ1) is 13.3. The van der Waals surface area contributed by atoms with Gasteiger partial charge in [-0.2, -0.15) is 15.0 Å². The smallest absolute Gasteiger partial charge is 0.325 e. The second-order valence-electron chi connectivity index (χ2n) is 4.29. The van der Waals surface area contributed by atoms with Gasteiger partial charge in [-0.15, -0.1) is 0 Å². The van der Waals surface area contributed by atoms with E-state index in [2.05, 4.69) is 29.9 Å². The molecule has 1 aliphatic heterocycles. The van der Waals surface area contributed by atoms with Gasteiger partial charge in [0.1, 0.15) is 6.54 Å². The van der Waals surface area contributed by atoms with Gasteiger partial charge in [0.15, 0.2) is 0 Å². The van der Waals surface area contributed by atoms with E-state index in [9.17, 15) is 4.79 Å². The van der Waals surface area contributed by atoms with E-state index in [1.165, 1.54) is 13.5 Å². The highest BCUT2D eigenvalue weighted by Crippen LogP contribution is 2.17. The fraction of sp³-hybridized carbons (Fsp3) is 0.636. The Balaban J connectivity index is 2.07. The number of methoxy groups -OCH3 is 1. The zero-order valence-corrected chi connectivity index (χ0v) is 10.9. The number of nitrogens with one attached hydrogen (secondary N) is 1. The monoisotopic (exact) mass is 266 g/mol. The summed E-state index contributed by atoms with van der Waals surface area (Å²) in [4.78, 5) is 25.5. The van der Waals surface area contributed by atoms with Gasteiger partial charge < -0.3 is 20.7 Å². The summed E-state index contributed by atoms with van der Waals surface area (Å²) in [6.45, 7) is 1.83. The van der Waals surface area contributed by atoms with E-state index in [0.29, 0.717) is 11.9 Å². The van der Waals surface area contributed by atoms with Crippen molar-refractivity contribution >= 4 is 23.8 Å². The zero-order chi connectivity index (χ0) is 13.7. The van der Waals surface area contributed by atoms with Crippen LogP contribution in [0.25, 0.3) is 0 Å². The molecule has 2 rings (SSSR count). The van der Waals surface area contributed by atoms with Gasteiger partial charge in [0.05, 0.1) is 7.11 Å². The van der Waals surface area contributed by atoms with Crippen LogP contribution in [0.5, 0.6) is 0 Å². The molecular formula is C11H18N6O2. The first-order valence-corrected chi connectivity index (χ1v) is 6.26. The normalized spacial score (nSPS) is 15.1. The molecule has 0 aromatic carbocycles. The maximum atomic E-state index is 11.1. The summed E-state index contributed by atoms with van der Waals surface area (Å²) in [6, 6.07) is 0. The SMILES string of the molecule is COC(=O)CNc1nc(N)nc(N2CCCCC2)n1. The van der Waals surface area contributed by atoms with E-state index in [1.807, 2.05) is 0 Å². The molecule has 2 heterocycles. The van der Waals surface area contributed by atoms with Gasteiger partial charge in [-0.25, -0.2) is 0 Å². The van der Waals surface area contributed by atoms with E-state index >= 15 is 0 Å². The number of nitrogens with zero attached hydrogens (tertiary/aromatic N) is 4. The van der Waals surface area contributed by atoms with Crippen LogP contribution in [0.2, 0.25) is 0 Å². The van der Waals surface area contributed by atoms with Gasteiger partial charge in [-0.05, 0) is 19.3 Å². The summed E-state index contributed by atoms with van der Waals surface area (Å²) in [5.74, 6) is 0.597. The molecule has 8 nitrogen and oxygen atoms in total. The Hall–Kier alpha value is -2.12. The van der Waals surface area contributed by atoms with Crippen molar-refractivity contribution in [1.82, 2.24) is 15.0 Å². The lowest BCUT2D eigenvalue weighted by Crippen LogP contribution is -2.31. The quantitative estimate of drug-likeness (QED) is 0.735. The van der Waals surface area contributed by atoms with Crippen molar-refractivity contribution in [3.05, 3.63) is 0 Å². The van der Waals surface area contributed by atoms with Crippen LogP contribution in [0, 0.1) is 0 Å². The molecule has 0 spiro atoms. The van der Waals surface area contributed by atoms with Crippen molar-refractivity contribution in [2.24, 2.45) is 0 Å². The molecule has 3 N–H and O–H groups in total. The lowest BCUT2D eigenvalue weighted by atomic mass is 10.1. The summed E-state index contributed by atoms with van der Waals surface area (Å²) in [6.07, 6.45) is 3.47. The number of carbonyl (C=O) groups is 1. The number of nitrogens with two attached hydrogens (primary N) is 1. The molecule has 1 aromatic rings. The first-order chi connectivity index (χ1) is 9.19. The molecule has 0 saturated carbocycles. The summed E-state index contributed by atoms with van der Waals surface area (Å²) in [7, 11) is 1.32. The second kappa shape index (κ2) is 6.17. The number of carbonyl (C=O) groups excluding carboxylic acids is 1. The second-order valence-corrected chi connectivity index (χ2v) is 4.29. The van der Waals surface area contributed by atoms with Gasteiger partial charge in [-0.1, -0.05) is 0 Å². The molecule has 0 aliphatic carbocycles. The third-order valence-electron chi connectivity index (χ3n) is 2.90. The lowest BCUT2D eigenvalue weighted by molar-refractivity contribution is -0.138. The van der Waals surface area contributed by atoms with Crippen molar-refractivity contribution in [3.63, 3.8) is 0 Å². The minimum atomic E-state index is -0.390. The fourth-order valence-corrected chi connectivity index (χ4v) is 1.92. The van der Waals surface area contributed by atoms with Crippen LogP contribution < -0.4 is 16.0 Å². The molecule has 0 atom stereocenters. The number of nitrogen functional groups attached to an aromatic ring is 1. The van der Waals surface area contributed by atoms with E-state index in [-0.39, 0.29) is 12.5 Å². The first-order valence-electron chi connectivity index (χ1n) is 6.26.